The van der Waals surface area contributed by atoms with Gasteiger partial charge in [-0.25, -0.2) is 0 Å². The highest BCUT2D eigenvalue weighted by atomic mass is 32.2. The maximum Gasteiger partial charge on any atom is 0.225 e. The topological polar surface area (TPSA) is 71.3 Å². The van der Waals surface area contributed by atoms with Gasteiger partial charge in [0.2, 0.25) is 5.91 Å². The van der Waals surface area contributed by atoms with Gasteiger partial charge in [0.25, 0.3) is 0 Å². The molecule has 0 aliphatic carbocycles. The molecule has 1 atom stereocenters. The Kier molecular flexibility index (Phi) is 6.56. The second kappa shape index (κ2) is 8.65. The molecule has 0 radical (unpaired) electrons. The summed E-state index contributed by atoms with van der Waals surface area (Å²) in [5.41, 5.74) is 1.50. The predicted molar refractivity (Wildman–Crippen MR) is 95.1 cm³/mol. The number of rotatable bonds is 7. The van der Waals surface area contributed by atoms with E-state index < -0.39 is 0 Å². The average molecular weight is 346 g/mol. The van der Waals surface area contributed by atoms with Crippen LogP contribution in [-0.4, -0.2) is 25.9 Å². The van der Waals surface area contributed by atoms with E-state index in [-0.39, 0.29) is 18.2 Å². The molecule has 1 amide bonds. The normalized spacial score (nSPS) is 17.2. The zero-order valence-corrected chi connectivity index (χ0v) is 15.0. The number of hydrogen-bond acceptors (Lipinski definition) is 5. The highest BCUT2D eigenvalue weighted by molar-refractivity contribution is 8.03. The molecule has 1 N–H and O–H groups in total. The van der Waals surface area contributed by atoms with Gasteiger partial charge in [-0.3, -0.25) is 4.79 Å². The molecule has 128 valence electrons. The Bertz CT molecular complexity index is 679. The van der Waals surface area contributed by atoms with E-state index in [9.17, 15) is 10.1 Å². The van der Waals surface area contributed by atoms with Gasteiger partial charge < -0.3 is 14.8 Å². The number of allylic oxidation sites excluding steroid dienone is 1. The van der Waals surface area contributed by atoms with E-state index in [4.69, 9.17) is 9.47 Å². The van der Waals surface area contributed by atoms with E-state index in [1.807, 2.05) is 12.1 Å². The van der Waals surface area contributed by atoms with Crippen LogP contribution in [0.1, 0.15) is 37.7 Å². The molecule has 2 rings (SSSR count). The Balaban J connectivity index is 2.38. The van der Waals surface area contributed by atoms with Crippen molar-refractivity contribution in [3.8, 4) is 17.6 Å². The second-order valence-corrected chi connectivity index (χ2v) is 6.58. The first kappa shape index (κ1) is 18.2. The first-order valence-electron chi connectivity index (χ1n) is 7.93. The lowest BCUT2D eigenvalue weighted by molar-refractivity contribution is -0.120. The lowest BCUT2D eigenvalue weighted by atomic mass is 9.87. The minimum atomic E-state index is -0.257. The van der Waals surface area contributed by atoms with E-state index in [1.54, 1.807) is 32.0 Å². The van der Waals surface area contributed by atoms with Crippen LogP contribution in [0.2, 0.25) is 0 Å². The smallest absolute Gasteiger partial charge is 0.225 e. The van der Waals surface area contributed by atoms with Crippen LogP contribution in [0.4, 0.5) is 0 Å². The van der Waals surface area contributed by atoms with Crippen molar-refractivity contribution in [3.05, 3.63) is 34.4 Å². The molecular weight excluding hydrogens is 324 g/mol. The van der Waals surface area contributed by atoms with Crippen molar-refractivity contribution in [2.24, 2.45) is 0 Å². The number of nitrogens with one attached hydrogen (secondary N) is 1. The van der Waals surface area contributed by atoms with Crippen LogP contribution < -0.4 is 14.8 Å². The van der Waals surface area contributed by atoms with E-state index >= 15 is 0 Å². The molecule has 1 aliphatic rings. The van der Waals surface area contributed by atoms with Crippen molar-refractivity contribution in [1.82, 2.24) is 5.32 Å². The second-order valence-electron chi connectivity index (χ2n) is 5.48. The highest BCUT2D eigenvalue weighted by Gasteiger charge is 2.30. The van der Waals surface area contributed by atoms with E-state index in [0.29, 0.717) is 22.1 Å². The van der Waals surface area contributed by atoms with Crippen molar-refractivity contribution in [2.45, 2.75) is 32.1 Å². The number of thioether (sulfide) groups is 1. The highest BCUT2D eigenvalue weighted by Crippen LogP contribution is 2.39. The van der Waals surface area contributed by atoms with Crippen molar-refractivity contribution in [1.29, 1.82) is 5.26 Å². The Morgan fingerprint density at radius 1 is 1.33 bits per heavy atom. The standard InChI is InChI=1S/C18H22N2O3S/c1-4-5-8-24-18-14(11-19)13(10-17(21)20-18)12-6-7-15(22-2)16(9-12)23-3/h6-7,9,13H,4-5,8,10H2,1-3H3,(H,20,21)/t13-/m1/s1. The first-order chi connectivity index (χ1) is 11.6. The van der Waals surface area contributed by atoms with Crippen LogP contribution in [-0.2, 0) is 4.79 Å². The molecule has 24 heavy (non-hydrogen) atoms. The molecule has 1 aliphatic heterocycles. The van der Waals surface area contributed by atoms with Crippen molar-refractivity contribution in [3.63, 3.8) is 0 Å². The minimum absolute atomic E-state index is 0.0622. The van der Waals surface area contributed by atoms with Gasteiger partial charge in [0, 0.05) is 12.3 Å². The van der Waals surface area contributed by atoms with Crippen LogP contribution >= 0.6 is 11.8 Å². The molecule has 1 aromatic rings. The average Bonchev–Trinajstić information content (AvgIpc) is 2.60. The summed E-state index contributed by atoms with van der Waals surface area (Å²) in [6.07, 6.45) is 2.38. The number of hydrogen-bond donors (Lipinski definition) is 1. The third kappa shape index (κ3) is 4.04. The summed E-state index contributed by atoms with van der Waals surface area (Å²) in [6.45, 7) is 2.12. The summed E-state index contributed by atoms with van der Waals surface area (Å²) in [7, 11) is 3.15. The molecular formula is C18H22N2O3S. The fourth-order valence-electron chi connectivity index (χ4n) is 2.61. The summed E-state index contributed by atoms with van der Waals surface area (Å²) >= 11 is 1.54. The zero-order chi connectivity index (χ0) is 17.5. The summed E-state index contributed by atoms with van der Waals surface area (Å²) in [5, 5.41) is 13.2. The molecule has 0 unspecified atom stereocenters. The molecule has 0 saturated heterocycles. The number of amides is 1. The third-order valence-corrected chi connectivity index (χ3v) is 5.01. The molecule has 0 bridgehead atoms. The molecule has 0 fully saturated rings. The maximum absolute atomic E-state index is 12.1. The molecule has 0 saturated carbocycles. The largest absolute Gasteiger partial charge is 0.493 e. The van der Waals surface area contributed by atoms with Crippen LogP contribution in [0.25, 0.3) is 0 Å². The van der Waals surface area contributed by atoms with Gasteiger partial charge in [-0.2, -0.15) is 5.26 Å². The first-order valence-corrected chi connectivity index (χ1v) is 8.92. The van der Waals surface area contributed by atoms with Gasteiger partial charge in [0.1, 0.15) is 0 Å². The SMILES string of the molecule is CCCCSC1=C(C#N)[C@@H](c2ccc(OC)c(OC)c2)CC(=O)N1. The van der Waals surface area contributed by atoms with Gasteiger partial charge in [-0.05, 0) is 29.9 Å². The van der Waals surface area contributed by atoms with Gasteiger partial charge in [0.15, 0.2) is 11.5 Å². The number of nitriles is 1. The summed E-state index contributed by atoms with van der Waals surface area (Å²) in [4.78, 5) is 12.1. The molecule has 0 aromatic heterocycles. The van der Waals surface area contributed by atoms with Crippen LogP contribution in [0, 0.1) is 11.3 Å². The molecule has 1 heterocycles. The van der Waals surface area contributed by atoms with Crippen molar-refractivity contribution >= 4 is 17.7 Å². The van der Waals surface area contributed by atoms with Gasteiger partial charge in [-0.15, -0.1) is 11.8 Å². The lowest BCUT2D eigenvalue weighted by Crippen LogP contribution is -2.31. The summed E-state index contributed by atoms with van der Waals surface area (Å²) < 4.78 is 10.6. The zero-order valence-electron chi connectivity index (χ0n) is 14.2. The molecule has 5 nitrogen and oxygen atoms in total. The van der Waals surface area contributed by atoms with Crippen LogP contribution in [0.5, 0.6) is 11.5 Å². The summed E-state index contributed by atoms with van der Waals surface area (Å²) in [5.74, 6) is 1.79. The number of ether oxygens (including phenoxy) is 2. The van der Waals surface area contributed by atoms with E-state index in [0.717, 1.165) is 24.2 Å². The van der Waals surface area contributed by atoms with Gasteiger partial charge in [-0.1, -0.05) is 19.4 Å². The monoisotopic (exact) mass is 346 g/mol. The van der Waals surface area contributed by atoms with Crippen LogP contribution in [0.3, 0.4) is 0 Å². The Labute approximate surface area is 147 Å². The van der Waals surface area contributed by atoms with Crippen LogP contribution in [0.15, 0.2) is 28.8 Å². The third-order valence-electron chi connectivity index (χ3n) is 3.91. The number of carbonyl (C=O) groups excluding carboxylic acids is 1. The quantitative estimate of drug-likeness (QED) is 0.764. The number of methoxy groups -OCH3 is 2. The number of nitrogens with zero attached hydrogens (tertiary/aromatic N) is 1. The molecule has 6 heteroatoms. The Hall–Kier alpha value is -2.13. The van der Waals surface area contributed by atoms with E-state index in [1.165, 1.54) is 0 Å². The predicted octanol–water partition coefficient (Wildman–Crippen LogP) is 3.58. The van der Waals surface area contributed by atoms with Gasteiger partial charge >= 0.3 is 0 Å². The number of benzene rings is 1. The number of unbranched alkanes of at least 4 members (excludes halogenated alkanes) is 1. The minimum Gasteiger partial charge on any atom is -0.493 e. The van der Waals surface area contributed by atoms with E-state index in [2.05, 4.69) is 18.3 Å². The Morgan fingerprint density at radius 3 is 2.71 bits per heavy atom. The van der Waals surface area contributed by atoms with Crippen molar-refractivity contribution < 1.29 is 14.3 Å². The molecule has 1 aromatic carbocycles. The lowest BCUT2D eigenvalue weighted by Gasteiger charge is -2.25. The fourth-order valence-corrected chi connectivity index (χ4v) is 3.77. The fraction of sp³-hybridized carbons (Fsp3) is 0.444. The molecule has 0 spiro atoms. The summed E-state index contributed by atoms with van der Waals surface area (Å²) in [6, 6.07) is 7.82. The Morgan fingerprint density at radius 2 is 2.08 bits per heavy atom. The maximum atomic E-state index is 12.1. The van der Waals surface area contributed by atoms with Gasteiger partial charge in [0.05, 0.1) is 30.9 Å². The number of carbonyl (C=O) groups is 1. The van der Waals surface area contributed by atoms with Crippen molar-refractivity contribution in [2.75, 3.05) is 20.0 Å².